The molecule has 0 bridgehead atoms. The molecule has 1 unspecified atom stereocenters. The molecule has 0 amide bonds. The Morgan fingerprint density at radius 2 is 2.22 bits per heavy atom. The summed E-state index contributed by atoms with van der Waals surface area (Å²) in [5.41, 5.74) is 0.881. The van der Waals surface area contributed by atoms with Crippen LogP contribution in [-0.4, -0.2) is 33.5 Å². The lowest BCUT2D eigenvalue weighted by atomic mass is 10.1. The van der Waals surface area contributed by atoms with E-state index >= 15 is 0 Å². The van der Waals surface area contributed by atoms with Crippen LogP contribution < -0.4 is 0 Å². The quantitative estimate of drug-likeness (QED) is 0.892. The molecule has 1 aromatic rings. The first-order valence-corrected chi connectivity index (χ1v) is 6.47. The van der Waals surface area contributed by atoms with Crippen molar-refractivity contribution in [3.05, 3.63) is 17.3 Å². The van der Waals surface area contributed by atoms with Gasteiger partial charge >= 0.3 is 5.97 Å². The van der Waals surface area contributed by atoms with Crippen LogP contribution in [-0.2, 0) is 11.3 Å². The molecule has 1 aliphatic heterocycles. The number of carbonyl (C=O) groups is 1. The van der Waals surface area contributed by atoms with Gasteiger partial charge in [-0.1, -0.05) is 12.8 Å². The summed E-state index contributed by atoms with van der Waals surface area (Å²) in [7, 11) is 0. The minimum absolute atomic E-state index is 0.403. The molecular weight excluding hydrogens is 232 g/mol. The van der Waals surface area contributed by atoms with Crippen LogP contribution in [0, 0.1) is 13.8 Å². The Labute approximate surface area is 107 Å². The largest absolute Gasteiger partial charge is 0.480 e. The third kappa shape index (κ3) is 2.90. The summed E-state index contributed by atoms with van der Waals surface area (Å²) < 4.78 is 5.54. The molecule has 100 valence electrons. The summed E-state index contributed by atoms with van der Waals surface area (Å²) in [6.07, 6.45) is 3.84. The lowest BCUT2D eigenvalue weighted by Gasteiger charge is -2.24. The number of aromatic nitrogens is 1. The highest BCUT2D eigenvalue weighted by molar-refractivity contribution is 5.73. The van der Waals surface area contributed by atoms with Gasteiger partial charge in [0.15, 0.2) is 0 Å². The van der Waals surface area contributed by atoms with Crippen molar-refractivity contribution < 1.29 is 14.3 Å². The van der Waals surface area contributed by atoms with Gasteiger partial charge in [0.05, 0.1) is 12.2 Å². The van der Waals surface area contributed by atoms with Crippen molar-refractivity contribution >= 4 is 5.97 Å². The van der Waals surface area contributed by atoms with E-state index in [4.69, 9.17) is 4.42 Å². The number of nitrogens with zero attached hydrogens (tertiary/aromatic N) is 2. The average Bonchev–Trinajstić information content (AvgIpc) is 2.53. The van der Waals surface area contributed by atoms with E-state index in [9.17, 15) is 9.90 Å². The monoisotopic (exact) mass is 252 g/mol. The molecule has 18 heavy (non-hydrogen) atoms. The first-order valence-electron chi connectivity index (χ1n) is 6.47. The molecule has 0 spiro atoms. The van der Waals surface area contributed by atoms with Crippen molar-refractivity contribution in [1.82, 2.24) is 9.88 Å². The summed E-state index contributed by atoms with van der Waals surface area (Å²) >= 11 is 0. The zero-order valence-electron chi connectivity index (χ0n) is 11.0. The van der Waals surface area contributed by atoms with E-state index in [1.165, 1.54) is 0 Å². The Hall–Kier alpha value is -1.36. The highest BCUT2D eigenvalue weighted by Crippen LogP contribution is 2.20. The number of rotatable bonds is 3. The molecule has 5 nitrogen and oxygen atoms in total. The van der Waals surface area contributed by atoms with Gasteiger partial charge in [0.1, 0.15) is 11.8 Å². The van der Waals surface area contributed by atoms with Crippen molar-refractivity contribution in [2.45, 2.75) is 52.1 Å². The smallest absolute Gasteiger partial charge is 0.320 e. The Morgan fingerprint density at radius 1 is 1.44 bits per heavy atom. The van der Waals surface area contributed by atoms with E-state index in [0.717, 1.165) is 37.3 Å². The van der Waals surface area contributed by atoms with Crippen molar-refractivity contribution in [3.63, 3.8) is 0 Å². The fraction of sp³-hybridized carbons (Fsp3) is 0.692. The van der Waals surface area contributed by atoms with E-state index in [1.807, 2.05) is 18.7 Å². The number of carboxylic acids is 1. The molecular formula is C13H20N2O3. The Morgan fingerprint density at radius 3 is 2.83 bits per heavy atom. The first kappa shape index (κ1) is 13.1. The predicted octanol–water partition coefficient (Wildman–Crippen LogP) is 2.12. The van der Waals surface area contributed by atoms with E-state index in [0.29, 0.717) is 18.9 Å². The fourth-order valence-corrected chi connectivity index (χ4v) is 2.42. The molecule has 1 aromatic heterocycles. The molecule has 1 aliphatic rings. The van der Waals surface area contributed by atoms with Gasteiger partial charge in [-0.3, -0.25) is 9.69 Å². The average molecular weight is 252 g/mol. The van der Waals surface area contributed by atoms with Gasteiger partial charge in [-0.25, -0.2) is 4.98 Å². The van der Waals surface area contributed by atoms with Gasteiger partial charge < -0.3 is 9.52 Å². The van der Waals surface area contributed by atoms with Crippen LogP contribution in [0.1, 0.15) is 43.0 Å². The number of carboxylic acid groups (broad SMARTS) is 1. The van der Waals surface area contributed by atoms with Gasteiger partial charge in [0, 0.05) is 0 Å². The third-order valence-corrected chi connectivity index (χ3v) is 3.56. The van der Waals surface area contributed by atoms with Gasteiger partial charge in [0.25, 0.3) is 0 Å². The number of aliphatic carboxylic acids is 1. The minimum Gasteiger partial charge on any atom is -0.480 e. The van der Waals surface area contributed by atoms with E-state index in [-0.39, 0.29) is 0 Å². The van der Waals surface area contributed by atoms with Crippen LogP contribution in [0.5, 0.6) is 0 Å². The SMILES string of the molecule is Cc1nc(CN2CCCCCC2C(=O)O)oc1C. The van der Waals surface area contributed by atoms with Crippen LogP contribution >= 0.6 is 0 Å². The molecule has 0 aliphatic carbocycles. The molecule has 1 atom stereocenters. The number of aryl methyl sites for hydroxylation is 2. The highest BCUT2D eigenvalue weighted by atomic mass is 16.4. The molecule has 0 saturated carbocycles. The lowest BCUT2D eigenvalue weighted by molar-refractivity contribution is -0.143. The molecule has 0 aromatic carbocycles. The fourth-order valence-electron chi connectivity index (χ4n) is 2.42. The van der Waals surface area contributed by atoms with Gasteiger partial charge in [0.2, 0.25) is 5.89 Å². The van der Waals surface area contributed by atoms with E-state index in [2.05, 4.69) is 4.98 Å². The van der Waals surface area contributed by atoms with Crippen molar-refractivity contribution in [2.24, 2.45) is 0 Å². The molecule has 5 heteroatoms. The van der Waals surface area contributed by atoms with Crippen LogP contribution in [0.15, 0.2) is 4.42 Å². The standard InChI is InChI=1S/C13H20N2O3/c1-9-10(2)18-12(14-9)8-15-7-5-3-4-6-11(15)13(16)17/h11H,3-8H2,1-2H3,(H,16,17). The second-order valence-electron chi connectivity index (χ2n) is 4.92. The molecule has 1 saturated heterocycles. The second kappa shape index (κ2) is 5.52. The Bertz CT molecular complexity index is 408. The minimum atomic E-state index is -0.739. The highest BCUT2D eigenvalue weighted by Gasteiger charge is 2.28. The molecule has 1 fully saturated rings. The Balaban J connectivity index is 2.10. The topological polar surface area (TPSA) is 66.6 Å². The van der Waals surface area contributed by atoms with Gasteiger partial charge in [-0.15, -0.1) is 0 Å². The molecule has 1 N–H and O–H groups in total. The van der Waals surface area contributed by atoms with Crippen LogP contribution in [0.3, 0.4) is 0 Å². The zero-order chi connectivity index (χ0) is 13.1. The summed E-state index contributed by atoms with van der Waals surface area (Å²) in [6, 6.07) is -0.403. The van der Waals surface area contributed by atoms with Crippen molar-refractivity contribution in [3.8, 4) is 0 Å². The second-order valence-corrected chi connectivity index (χ2v) is 4.92. The first-order chi connectivity index (χ1) is 8.58. The number of hydrogen-bond donors (Lipinski definition) is 1. The summed E-state index contributed by atoms with van der Waals surface area (Å²) in [4.78, 5) is 17.6. The number of oxazole rings is 1. The van der Waals surface area contributed by atoms with Gasteiger partial charge in [-0.2, -0.15) is 0 Å². The maximum Gasteiger partial charge on any atom is 0.320 e. The summed E-state index contributed by atoms with van der Waals surface area (Å²) in [5, 5.41) is 9.28. The van der Waals surface area contributed by atoms with Crippen LogP contribution in [0.2, 0.25) is 0 Å². The van der Waals surface area contributed by atoms with Crippen LogP contribution in [0.25, 0.3) is 0 Å². The van der Waals surface area contributed by atoms with Crippen molar-refractivity contribution in [1.29, 1.82) is 0 Å². The van der Waals surface area contributed by atoms with E-state index in [1.54, 1.807) is 0 Å². The molecule has 2 rings (SSSR count). The zero-order valence-corrected chi connectivity index (χ0v) is 11.0. The summed E-state index contributed by atoms with van der Waals surface area (Å²) in [6.45, 7) is 5.07. The van der Waals surface area contributed by atoms with Crippen LogP contribution in [0.4, 0.5) is 0 Å². The Kier molecular flexibility index (Phi) is 4.01. The summed E-state index contributed by atoms with van der Waals surface area (Å²) in [5.74, 6) is 0.696. The normalized spacial score (nSPS) is 21.8. The number of hydrogen-bond acceptors (Lipinski definition) is 4. The maximum absolute atomic E-state index is 11.3. The van der Waals surface area contributed by atoms with E-state index < -0.39 is 12.0 Å². The predicted molar refractivity (Wildman–Crippen MR) is 66.3 cm³/mol. The lowest BCUT2D eigenvalue weighted by Crippen LogP contribution is -2.40. The van der Waals surface area contributed by atoms with Crippen molar-refractivity contribution in [2.75, 3.05) is 6.54 Å². The number of likely N-dealkylation sites (tertiary alicyclic amines) is 1. The van der Waals surface area contributed by atoms with Gasteiger partial charge in [-0.05, 0) is 33.2 Å². The third-order valence-electron chi connectivity index (χ3n) is 3.56. The molecule has 0 radical (unpaired) electrons. The maximum atomic E-state index is 11.3. The molecule has 2 heterocycles.